The number of fused-ring (bicyclic) bond motifs is 1. The summed E-state index contributed by atoms with van der Waals surface area (Å²) in [7, 11) is 0. The highest BCUT2D eigenvalue weighted by Crippen LogP contribution is 2.42. The molecule has 1 heterocycles. The van der Waals surface area contributed by atoms with Crippen molar-refractivity contribution in [2.24, 2.45) is 0 Å². The van der Waals surface area contributed by atoms with Gasteiger partial charge in [0.2, 0.25) is 0 Å². The van der Waals surface area contributed by atoms with E-state index in [9.17, 15) is 10.1 Å². The van der Waals surface area contributed by atoms with Crippen molar-refractivity contribution >= 4 is 39.6 Å². The molecule has 0 saturated carbocycles. The van der Waals surface area contributed by atoms with Crippen LogP contribution in [0.1, 0.15) is 52.0 Å². The molecule has 1 amide bonds. The lowest BCUT2D eigenvalue weighted by Crippen LogP contribution is -2.34. The van der Waals surface area contributed by atoms with Crippen LogP contribution in [0.4, 0.5) is 5.00 Å². The van der Waals surface area contributed by atoms with Gasteiger partial charge in [-0.2, -0.15) is 5.26 Å². The van der Waals surface area contributed by atoms with Gasteiger partial charge in [-0.05, 0) is 55.1 Å². The number of nitriles is 1. The number of hydrogen-bond acceptors (Lipinski definition) is 4. The number of nitrogens with one attached hydrogen (secondary N) is 2. The largest absolute Gasteiger partial charge is 0.323 e. The van der Waals surface area contributed by atoms with E-state index in [0.717, 1.165) is 29.8 Å². The smallest absolute Gasteiger partial charge is 0.257 e. The van der Waals surface area contributed by atoms with Crippen molar-refractivity contribution in [2.75, 3.05) is 5.32 Å². The molecule has 0 fully saturated rings. The molecule has 4 nitrogen and oxygen atoms in total. The molecule has 6 heteroatoms. The van der Waals surface area contributed by atoms with Crippen LogP contribution in [0.5, 0.6) is 0 Å². The normalized spacial score (nSPS) is 15.9. The number of anilines is 1. The number of carbonyl (C=O) groups excluding carboxylic acids is 1. The first-order valence-corrected chi connectivity index (χ1v) is 9.05. The Morgan fingerprint density at radius 2 is 2.12 bits per heavy atom. The second kappa shape index (κ2) is 7.12. The van der Waals surface area contributed by atoms with Gasteiger partial charge in [0.1, 0.15) is 11.1 Å². The third-order valence-electron chi connectivity index (χ3n) is 4.16. The van der Waals surface area contributed by atoms with E-state index in [1.54, 1.807) is 35.6 Å². The molecule has 0 saturated heterocycles. The van der Waals surface area contributed by atoms with Crippen LogP contribution in [0.15, 0.2) is 30.3 Å². The standard InChI is InChI=1S/C18H17N3OS2/c1-11-6-5-9-14-15(11)13(10-19)17(24-14)21-18(23)20-16(22)12-7-3-2-4-8-12/h2-4,7-8,11H,5-6,9H2,1H3,(H2,20,21,22,23)/t11-/m0/s1. The van der Waals surface area contributed by atoms with Gasteiger partial charge in [0.05, 0.1) is 5.56 Å². The third-order valence-corrected chi connectivity index (χ3v) is 5.54. The first-order valence-electron chi connectivity index (χ1n) is 7.83. The van der Waals surface area contributed by atoms with Crippen molar-refractivity contribution in [3.8, 4) is 6.07 Å². The van der Waals surface area contributed by atoms with Crippen molar-refractivity contribution < 1.29 is 4.79 Å². The van der Waals surface area contributed by atoms with Gasteiger partial charge in [0.25, 0.3) is 5.91 Å². The molecule has 1 aromatic carbocycles. The van der Waals surface area contributed by atoms with Crippen molar-refractivity contribution in [2.45, 2.75) is 32.1 Å². The lowest BCUT2D eigenvalue weighted by atomic mass is 9.87. The van der Waals surface area contributed by atoms with Crippen LogP contribution in [0.2, 0.25) is 0 Å². The first kappa shape index (κ1) is 16.6. The van der Waals surface area contributed by atoms with Crippen LogP contribution in [-0.4, -0.2) is 11.0 Å². The Balaban J connectivity index is 1.76. The maximum Gasteiger partial charge on any atom is 0.257 e. The Labute approximate surface area is 150 Å². The summed E-state index contributed by atoms with van der Waals surface area (Å²) >= 11 is 6.81. The average molecular weight is 355 g/mol. The number of amides is 1. The predicted octanol–water partition coefficient (Wildman–Crippen LogP) is 4.19. The van der Waals surface area contributed by atoms with Crippen LogP contribution >= 0.6 is 23.6 Å². The van der Waals surface area contributed by atoms with Crippen LogP contribution in [0, 0.1) is 11.3 Å². The zero-order chi connectivity index (χ0) is 17.1. The Hall–Kier alpha value is -2.23. The average Bonchev–Trinajstić information content (AvgIpc) is 2.93. The number of carbonyl (C=O) groups is 1. The highest BCUT2D eigenvalue weighted by molar-refractivity contribution is 7.80. The molecule has 0 aliphatic heterocycles. The minimum atomic E-state index is -0.263. The molecule has 2 aromatic rings. The SMILES string of the molecule is C[C@H]1CCCc2sc(NC(=S)NC(=O)c3ccccc3)c(C#N)c21. The number of thiophene rings is 1. The van der Waals surface area contributed by atoms with Gasteiger partial charge in [0.15, 0.2) is 5.11 Å². The van der Waals surface area contributed by atoms with E-state index >= 15 is 0 Å². The number of hydrogen-bond donors (Lipinski definition) is 2. The molecule has 0 bridgehead atoms. The van der Waals surface area contributed by atoms with E-state index in [2.05, 4.69) is 23.6 Å². The van der Waals surface area contributed by atoms with Gasteiger partial charge in [-0.3, -0.25) is 10.1 Å². The number of rotatable bonds is 2. The molecule has 0 unspecified atom stereocenters. The third kappa shape index (κ3) is 3.32. The van der Waals surface area contributed by atoms with Gasteiger partial charge < -0.3 is 5.32 Å². The van der Waals surface area contributed by atoms with Crippen LogP contribution in [-0.2, 0) is 6.42 Å². The minimum absolute atomic E-state index is 0.214. The summed E-state index contributed by atoms with van der Waals surface area (Å²) in [5.74, 6) is 0.129. The fraction of sp³-hybridized carbons (Fsp3) is 0.278. The quantitative estimate of drug-likeness (QED) is 0.793. The summed E-state index contributed by atoms with van der Waals surface area (Å²) in [4.78, 5) is 13.4. The van der Waals surface area contributed by atoms with Crippen LogP contribution in [0.3, 0.4) is 0 Å². The Kier molecular flexibility index (Phi) is 4.93. The molecule has 1 aliphatic carbocycles. The number of aryl methyl sites for hydroxylation is 1. The maximum absolute atomic E-state index is 12.1. The molecular formula is C18H17N3OS2. The summed E-state index contributed by atoms with van der Waals surface area (Å²) in [6.45, 7) is 2.16. The van der Waals surface area contributed by atoms with Crippen molar-refractivity contribution in [1.29, 1.82) is 5.26 Å². The molecule has 122 valence electrons. The van der Waals surface area contributed by atoms with Gasteiger partial charge >= 0.3 is 0 Å². The molecule has 0 spiro atoms. The molecule has 2 N–H and O–H groups in total. The van der Waals surface area contributed by atoms with Gasteiger partial charge in [-0.15, -0.1) is 11.3 Å². The van der Waals surface area contributed by atoms with E-state index in [-0.39, 0.29) is 11.0 Å². The minimum Gasteiger partial charge on any atom is -0.323 e. The van der Waals surface area contributed by atoms with Crippen molar-refractivity contribution in [1.82, 2.24) is 5.32 Å². The second-order valence-corrected chi connectivity index (χ2v) is 7.34. The number of nitrogens with zero attached hydrogens (tertiary/aromatic N) is 1. The first-order chi connectivity index (χ1) is 11.6. The van der Waals surface area contributed by atoms with E-state index in [0.29, 0.717) is 17.0 Å². The molecule has 0 radical (unpaired) electrons. The van der Waals surface area contributed by atoms with E-state index in [1.807, 2.05) is 6.07 Å². The highest BCUT2D eigenvalue weighted by Gasteiger charge is 2.26. The summed E-state index contributed by atoms with van der Waals surface area (Å²) < 4.78 is 0. The maximum atomic E-state index is 12.1. The predicted molar refractivity (Wildman–Crippen MR) is 101 cm³/mol. The summed E-state index contributed by atoms with van der Waals surface area (Å²) in [6.07, 6.45) is 3.26. The molecule has 1 aliphatic rings. The topological polar surface area (TPSA) is 64.9 Å². The molecule has 1 aromatic heterocycles. The summed E-state index contributed by atoms with van der Waals surface area (Å²) in [5.41, 5.74) is 2.35. The second-order valence-electron chi connectivity index (χ2n) is 5.82. The zero-order valence-corrected chi connectivity index (χ0v) is 14.9. The molecule has 1 atom stereocenters. The van der Waals surface area contributed by atoms with Crippen molar-refractivity contribution in [3.05, 3.63) is 51.9 Å². The molecule has 3 rings (SSSR count). The van der Waals surface area contributed by atoms with Gasteiger partial charge in [0, 0.05) is 10.4 Å². The number of thiocarbonyl (C=S) groups is 1. The summed E-state index contributed by atoms with van der Waals surface area (Å²) in [5, 5.41) is 16.2. The van der Waals surface area contributed by atoms with Crippen molar-refractivity contribution in [3.63, 3.8) is 0 Å². The summed E-state index contributed by atoms with van der Waals surface area (Å²) in [6, 6.07) is 11.2. The lowest BCUT2D eigenvalue weighted by Gasteiger charge is -2.18. The Morgan fingerprint density at radius 3 is 2.83 bits per heavy atom. The fourth-order valence-corrected chi connectivity index (χ4v) is 4.59. The van der Waals surface area contributed by atoms with Crippen LogP contribution in [0.25, 0.3) is 0 Å². The highest BCUT2D eigenvalue weighted by atomic mass is 32.1. The van der Waals surface area contributed by atoms with Gasteiger partial charge in [-0.25, -0.2) is 0 Å². The Bertz CT molecular complexity index is 821. The van der Waals surface area contributed by atoms with E-state index in [4.69, 9.17) is 12.2 Å². The number of benzene rings is 1. The van der Waals surface area contributed by atoms with E-state index in [1.165, 1.54) is 4.88 Å². The fourth-order valence-electron chi connectivity index (χ4n) is 3.01. The molecular weight excluding hydrogens is 338 g/mol. The zero-order valence-electron chi connectivity index (χ0n) is 13.3. The molecule has 24 heavy (non-hydrogen) atoms. The lowest BCUT2D eigenvalue weighted by molar-refractivity contribution is 0.0977. The van der Waals surface area contributed by atoms with E-state index < -0.39 is 0 Å². The van der Waals surface area contributed by atoms with Gasteiger partial charge in [-0.1, -0.05) is 25.1 Å². The van der Waals surface area contributed by atoms with Crippen LogP contribution < -0.4 is 10.6 Å². The Morgan fingerprint density at radius 1 is 1.38 bits per heavy atom. The monoisotopic (exact) mass is 355 g/mol.